The van der Waals surface area contributed by atoms with Gasteiger partial charge in [-0.05, 0) is 52.1 Å². The van der Waals surface area contributed by atoms with Crippen LogP contribution in [0.4, 0.5) is 0 Å². The third kappa shape index (κ3) is 2.80. The second-order valence-corrected chi connectivity index (χ2v) is 5.11. The van der Waals surface area contributed by atoms with Gasteiger partial charge in [0.25, 0.3) is 0 Å². The van der Waals surface area contributed by atoms with E-state index in [0.29, 0.717) is 12.0 Å². The summed E-state index contributed by atoms with van der Waals surface area (Å²) in [6.45, 7) is 6.60. The molecule has 4 nitrogen and oxygen atoms in total. The molecule has 1 saturated heterocycles. The first kappa shape index (κ1) is 12.4. The molecule has 1 fully saturated rings. The molecule has 1 N–H and O–H groups in total. The predicted octanol–water partition coefficient (Wildman–Crippen LogP) is 2.01. The second-order valence-electron chi connectivity index (χ2n) is 5.11. The molecule has 1 atom stereocenters. The van der Waals surface area contributed by atoms with E-state index in [1.54, 1.807) is 7.11 Å². The summed E-state index contributed by atoms with van der Waals surface area (Å²) in [4.78, 5) is 0. The van der Waals surface area contributed by atoms with E-state index in [1.165, 1.54) is 18.5 Å². The average molecular weight is 237 g/mol. The third-order valence-electron chi connectivity index (χ3n) is 3.45. The molecule has 4 heteroatoms. The van der Waals surface area contributed by atoms with Crippen LogP contribution < -0.4 is 10.1 Å². The molecule has 0 bridgehead atoms. The van der Waals surface area contributed by atoms with E-state index >= 15 is 0 Å². The van der Waals surface area contributed by atoms with Crippen LogP contribution in [0.15, 0.2) is 6.20 Å². The Balaban J connectivity index is 2.14. The van der Waals surface area contributed by atoms with E-state index in [-0.39, 0.29) is 0 Å². The Kier molecular flexibility index (Phi) is 4.05. The van der Waals surface area contributed by atoms with Crippen LogP contribution in [0.2, 0.25) is 0 Å². The summed E-state index contributed by atoms with van der Waals surface area (Å²) in [5.41, 5.74) is 1.25. The molecule has 0 aromatic carbocycles. The minimum absolute atomic E-state index is 0.394. The third-order valence-corrected chi connectivity index (χ3v) is 3.45. The zero-order valence-corrected chi connectivity index (χ0v) is 11.1. The number of aromatic nitrogens is 2. The Bertz CT molecular complexity index is 354. The lowest BCUT2D eigenvalue weighted by molar-refractivity contribution is 0.350. The van der Waals surface area contributed by atoms with Gasteiger partial charge >= 0.3 is 0 Å². The molecule has 0 radical (unpaired) electrons. The topological polar surface area (TPSA) is 39.1 Å². The molecule has 2 heterocycles. The number of hydrogen-bond donors (Lipinski definition) is 1. The minimum Gasteiger partial charge on any atom is -0.493 e. The molecule has 1 aromatic heterocycles. The van der Waals surface area contributed by atoms with Gasteiger partial charge < -0.3 is 10.1 Å². The maximum atomic E-state index is 5.41. The van der Waals surface area contributed by atoms with Crippen LogP contribution in [0.3, 0.4) is 0 Å². The highest BCUT2D eigenvalue weighted by atomic mass is 16.5. The number of nitrogens with one attached hydrogen (secondary N) is 1. The Hall–Kier alpha value is -1.03. The van der Waals surface area contributed by atoms with Crippen LogP contribution in [0, 0.1) is 5.92 Å². The van der Waals surface area contributed by atoms with Crippen molar-refractivity contribution < 1.29 is 4.74 Å². The lowest BCUT2D eigenvalue weighted by Crippen LogP contribution is -2.31. The summed E-state index contributed by atoms with van der Waals surface area (Å²) >= 11 is 0. The molecule has 2 rings (SSSR count). The van der Waals surface area contributed by atoms with Crippen LogP contribution in [-0.2, 0) is 6.42 Å². The van der Waals surface area contributed by atoms with Gasteiger partial charge in [0.2, 0.25) is 0 Å². The number of hydrogen-bond acceptors (Lipinski definition) is 3. The van der Waals surface area contributed by atoms with Crippen molar-refractivity contribution in [2.45, 2.75) is 39.2 Å². The van der Waals surface area contributed by atoms with E-state index in [1.807, 2.05) is 6.20 Å². The Morgan fingerprint density at radius 3 is 3.00 bits per heavy atom. The standard InChI is InChI=1S/C13H23N3O/c1-10(2)16-12(13(17-3)9-15-16)7-11-5-4-6-14-8-11/h9-11,14H,4-8H2,1-3H3. The predicted molar refractivity (Wildman–Crippen MR) is 68.5 cm³/mol. The lowest BCUT2D eigenvalue weighted by atomic mass is 9.94. The van der Waals surface area contributed by atoms with Crippen LogP contribution in [0.5, 0.6) is 5.75 Å². The zero-order chi connectivity index (χ0) is 12.3. The van der Waals surface area contributed by atoms with Crippen molar-refractivity contribution in [1.29, 1.82) is 0 Å². The monoisotopic (exact) mass is 237 g/mol. The number of ether oxygens (including phenoxy) is 1. The van der Waals surface area contributed by atoms with Crippen molar-refractivity contribution in [1.82, 2.24) is 15.1 Å². The molecule has 0 spiro atoms. The van der Waals surface area contributed by atoms with Gasteiger partial charge in [0, 0.05) is 6.04 Å². The normalized spacial score (nSPS) is 20.8. The zero-order valence-electron chi connectivity index (χ0n) is 11.1. The van der Waals surface area contributed by atoms with Crippen LogP contribution in [0.25, 0.3) is 0 Å². The Labute approximate surface area is 103 Å². The molecule has 1 aliphatic heterocycles. The van der Waals surface area contributed by atoms with Gasteiger partial charge in [0.15, 0.2) is 5.75 Å². The number of piperidine rings is 1. The summed E-state index contributed by atoms with van der Waals surface area (Å²) in [5.74, 6) is 1.65. The van der Waals surface area contributed by atoms with Crippen molar-refractivity contribution in [2.24, 2.45) is 5.92 Å². The fourth-order valence-electron chi connectivity index (χ4n) is 2.55. The molecule has 0 saturated carbocycles. The van der Waals surface area contributed by atoms with E-state index in [2.05, 4.69) is 28.9 Å². The van der Waals surface area contributed by atoms with Gasteiger partial charge in [-0.15, -0.1) is 0 Å². The van der Waals surface area contributed by atoms with Gasteiger partial charge in [-0.3, -0.25) is 4.68 Å². The number of nitrogens with zero attached hydrogens (tertiary/aromatic N) is 2. The maximum absolute atomic E-state index is 5.41. The number of methoxy groups -OCH3 is 1. The second kappa shape index (κ2) is 5.54. The van der Waals surface area contributed by atoms with E-state index < -0.39 is 0 Å². The molecule has 1 aliphatic rings. The molecule has 1 aromatic rings. The fraction of sp³-hybridized carbons (Fsp3) is 0.769. The largest absolute Gasteiger partial charge is 0.493 e. The lowest BCUT2D eigenvalue weighted by Gasteiger charge is -2.23. The van der Waals surface area contributed by atoms with Gasteiger partial charge in [0.1, 0.15) is 0 Å². The first-order chi connectivity index (χ1) is 8.22. The summed E-state index contributed by atoms with van der Waals surface area (Å²) < 4.78 is 7.50. The minimum atomic E-state index is 0.394. The van der Waals surface area contributed by atoms with Crippen molar-refractivity contribution in [3.8, 4) is 5.75 Å². The molecule has 17 heavy (non-hydrogen) atoms. The molecule has 0 aliphatic carbocycles. The Morgan fingerprint density at radius 1 is 1.59 bits per heavy atom. The van der Waals surface area contributed by atoms with E-state index in [4.69, 9.17) is 4.74 Å². The van der Waals surface area contributed by atoms with Crippen molar-refractivity contribution in [3.05, 3.63) is 11.9 Å². The first-order valence-corrected chi connectivity index (χ1v) is 6.53. The summed E-state index contributed by atoms with van der Waals surface area (Å²) in [5, 5.41) is 7.89. The highest BCUT2D eigenvalue weighted by Gasteiger charge is 2.20. The van der Waals surface area contributed by atoms with Crippen LogP contribution >= 0.6 is 0 Å². The van der Waals surface area contributed by atoms with Crippen molar-refractivity contribution in [2.75, 3.05) is 20.2 Å². The van der Waals surface area contributed by atoms with E-state index in [0.717, 1.165) is 25.3 Å². The van der Waals surface area contributed by atoms with Crippen molar-refractivity contribution in [3.63, 3.8) is 0 Å². The first-order valence-electron chi connectivity index (χ1n) is 6.53. The molecule has 96 valence electrons. The van der Waals surface area contributed by atoms with Crippen LogP contribution in [-0.4, -0.2) is 30.0 Å². The number of rotatable bonds is 4. The smallest absolute Gasteiger partial charge is 0.159 e. The summed E-state index contributed by atoms with van der Waals surface area (Å²) in [6.07, 6.45) is 5.49. The van der Waals surface area contributed by atoms with Gasteiger partial charge in [-0.25, -0.2) is 0 Å². The van der Waals surface area contributed by atoms with Gasteiger partial charge in [-0.1, -0.05) is 0 Å². The average Bonchev–Trinajstić information content (AvgIpc) is 2.73. The van der Waals surface area contributed by atoms with Crippen molar-refractivity contribution >= 4 is 0 Å². The molecular weight excluding hydrogens is 214 g/mol. The van der Waals surface area contributed by atoms with Crippen LogP contribution in [0.1, 0.15) is 38.4 Å². The molecule has 0 amide bonds. The van der Waals surface area contributed by atoms with Gasteiger partial charge in [-0.2, -0.15) is 5.10 Å². The summed E-state index contributed by atoms with van der Waals surface area (Å²) in [6, 6.07) is 0.394. The highest BCUT2D eigenvalue weighted by Crippen LogP contribution is 2.26. The molecular formula is C13H23N3O. The maximum Gasteiger partial charge on any atom is 0.159 e. The van der Waals surface area contributed by atoms with E-state index in [9.17, 15) is 0 Å². The van der Waals surface area contributed by atoms with Gasteiger partial charge in [0.05, 0.1) is 19.0 Å². The SMILES string of the molecule is COc1cnn(C(C)C)c1CC1CCCNC1. The highest BCUT2D eigenvalue weighted by molar-refractivity contribution is 5.26. The fourth-order valence-corrected chi connectivity index (χ4v) is 2.55. The Morgan fingerprint density at radius 2 is 2.41 bits per heavy atom. The molecule has 1 unspecified atom stereocenters. The quantitative estimate of drug-likeness (QED) is 0.870. The summed E-state index contributed by atoms with van der Waals surface area (Å²) in [7, 11) is 1.73.